The van der Waals surface area contributed by atoms with E-state index in [0.29, 0.717) is 23.7 Å². The summed E-state index contributed by atoms with van der Waals surface area (Å²) in [6, 6.07) is 0. The van der Waals surface area contributed by atoms with Gasteiger partial charge in [-0.25, -0.2) is 4.79 Å². The standard InChI is InChI=1S/C20H24O4/c21-19(24-18-12-2-1-3-15(12)23-20(18)22)14-8-11-7-13(14)17-10-5-4-9(6-10)16(11)17/h4-5,9-18H,1-3,6-8H2. The second kappa shape index (κ2) is 4.64. The lowest BCUT2D eigenvalue weighted by molar-refractivity contribution is -0.167. The highest BCUT2D eigenvalue weighted by Gasteiger charge is 2.63. The van der Waals surface area contributed by atoms with Crippen molar-refractivity contribution in [2.24, 2.45) is 47.3 Å². The minimum Gasteiger partial charge on any atom is -0.459 e. The number of ether oxygens (including phenoxy) is 2. The molecule has 6 aliphatic rings. The molecule has 10 unspecified atom stereocenters. The van der Waals surface area contributed by atoms with Crippen molar-refractivity contribution in [2.45, 2.75) is 50.7 Å². The van der Waals surface area contributed by atoms with Crippen LogP contribution >= 0.6 is 0 Å². The van der Waals surface area contributed by atoms with Gasteiger partial charge in [0.2, 0.25) is 6.10 Å². The summed E-state index contributed by atoms with van der Waals surface area (Å²) in [5, 5.41) is 0. The van der Waals surface area contributed by atoms with Crippen molar-refractivity contribution in [1.29, 1.82) is 0 Å². The zero-order chi connectivity index (χ0) is 16.0. The molecule has 0 radical (unpaired) electrons. The van der Waals surface area contributed by atoms with E-state index in [1.807, 2.05) is 0 Å². The van der Waals surface area contributed by atoms with Gasteiger partial charge in [-0.1, -0.05) is 12.2 Å². The van der Waals surface area contributed by atoms with E-state index in [1.165, 1.54) is 12.8 Å². The van der Waals surface area contributed by atoms with E-state index in [4.69, 9.17) is 9.47 Å². The third-order valence-corrected chi connectivity index (χ3v) is 8.21. The lowest BCUT2D eigenvalue weighted by Gasteiger charge is -2.36. The Kier molecular flexibility index (Phi) is 2.69. The Labute approximate surface area is 141 Å². The number of carbonyl (C=O) groups excluding carboxylic acids is 2. The first kappa shape index (κ1) is 13.9. The lowest BCUT2D eigenvalue weighted by atomic mass is 9.69. The maximum atomic E-state index is 12.9. The summed E-state index contributed by atoms with van der Waals surface area (Å²) in [6.07, 6.45) is 10.6. The molecule has 0 N–H and O–H groups in total. The monoisotopic (exact) mass is 328 g/mol. The van der Waals surface area contributed by atoms with E-state index in [2.05, 4.69) is 12.2 Å². The van der Waals surface area contributed by atoms with Crippen molar-refractivity contribution in [1.82, 2.24) is 0 Å². The van der Waals surface area contributed by atoms with Crippen LogP contribution in [0.1, 0.15) is 38.5 Å². The van der Waals surface area contributed by atoms with Gasteiger partial charge >= 0.3 is 11.9 Å². The van der Waals surface area contributed by atoms with Crippen LogP contribution in [0.2, 0.25) is 0 Å². The van der Waals surface area contributed by atoms with Gasteiger partial charge < -0.3 is 9.47 Å². The third kappa shape index (κ3) is 1.65. The second-order valence-corrected chi connectivity index (χ2v) is 9.03. The van der Waals surface area contributed by atoms with Gasteiger partial charge in [-0.05, 0) is 74.0 Å². The minimum absolute atomic E-state index is 0.00425. The Bertz CT molecular complexity index is 640. The van der Waals surface area contributed by atoms with Crippen LogP contribution in [0.5, 0.6) is 0 Å². The zero-order valence-electron chi connectivity index (χ0n) is 13.8. The Morgan fingerprint density at radius 1 is 1.04 bits per heavy atom. The second-order valence-electron chi connectivity index (χ2n) is 9.03. The molecule has 4 bridgehead atoms. The Balaban J connectivity index is 1.20. The fraction of sp³-hybridized carbons (Fsp3) is 0.800. The van der Waals surface area contributed by atoms with Crippen molar-refractivity contribution in [2.75, 3.05) is 0 Å². The summed E-state index contributed by atoms with van der Waals surface area (Å²) in [5.74, 6) is 3.91. The average Bonchev–Trinajstić information content (AvgIpc) is 3.37. The maximum Gasteiger partial charge on any atom is 0.348 e. The molecular formula is C20H24O4. The summed E-state index contributed by atoms with van der Waals surface area (Å²) in [7, 11) is 0. The fourth-order valence-corrected chi connectivity index (χ4v) is 7.47. The molecule has 0 spiro atoms. The molecule has 0 aromatic carbocycles. The van der Waals surface area contributed by atoms with Crippen LogP contribution in [0.4, 0.5) is 0 Å². The molecular weight excluding hydrogens is 304 g/mol. The van der Waals surface area contributed by atoms with Crippen molar-refractivity contribution < 1.29 is 19.1 Å². The SMILES string of the molecule is O=C(OC1C(=O)OC2CCCC21)C1CC2CC1C1C3C=CC(C3)C21. The molecule has 5 fully saturated rings. The third-order valence-electron chi connectivity index (χ3n) is 8.21. The largest absolute Gasteiger partial charge is 0.459 e. The molecule has 4 heteroatoms. The van der Waals surface area contributed by atoms with Gasteiger partial charge in [0, 0.05) is 5.92 Å². The van der Waals surface area contributed by atoms with E-state index in [0.717, 1.165) is 37.5 Å². The van der Waals surface area contributed by atoms with Crippen molar-refractivity contribution >= 4 is 11.9 Å². The molecule has 1 heterocycles. The summed E-state index contributed by atoms with van der Waals surface area (Å²) in [5.41, 5.74) is 0. The molecule has 6 rings (SSSR count). The van der Waals surface area contributed by atoms with Crippen LogP contribution < -0.4 is 0 Å². The number of hydrogen-bond donors (Lipinski definition) is 0. The smallest absolute Gasteiger partial charge is 0.348 e. The first-order chi connectivity index (χ1) is 11.7. The average molecular weight is 328 g/mol. The molecule has 0 aromatic heterocycles. The first-order valence-electron chi connectivity index (χ1n) is 9.80. The highest BCUT2D eigenvalue weighted by molar-refractivity contribution is 5.82. The molecule has 128 valence electrons. The lowest BCUT2D eigenvalue weighted by Crippen LogP contribution is -2.38. The minimum atomic E-state index is -0.625. The van der Waals surface area contributed by atoms with Crippen LogP contribution in [-0.4, -0.2) is 24.1 Å². The number of allylic oxidation sites excluding steroid dienone is 2. The molecule has 5 aliphatic carbocycles. The van der Waals surface area contributed by atoms with E-state index >= 15 is 0 Å². The summed E-state index contributed by atoms with van der Waals surface area (Å²) in [4.78, 5) is 24.9. The fourth-order valence-electron chi connectivity index (χ4n) is 7.47. The van der Waals surface area contributed by atoms with E-state index in [1.54, 1.807) is 0 Å². The highest BCUT2D eigenvalue weighted by atomic mass is 16.6. The molecule has 1 saturated heterocycles. The van der Waals surface area contributed by atoms with Crippen LogP contribution in [0.25, 0.3) is 0 Å². The number of hydrogen-bond acceptors (Lipinski definition) is 4. The summed E-state index contributed by atoms with van der Waals surface area (Å²) < 4.78 is 11.2. The van der Waals surface area contributed by atoms with Gasteiger partial charge in [0.25, 0.3) is 0 Å². The molecule has 24 heavy (non-hydrogen) atoms. The molecule has 10 atom stereocenters. The van der Waals surface area contributed by atoms with Crippen molar-refractivity contribution in [3.05, 3.63) is 12.2 Å². The van der Waals surface area contributed by atoms with Crippen LogP contribution in [0, 0.1) is 47.3 Å². The van der Waals surface area contributed by atoms with E-state index < -0.39 is 6.10 Å². The number of rotatable bonds is 2. The van der Waals surface area contributed by atoms with Gasteiger partial charge in [0.1, 0.15) is 6.10 Å². The quantitative estimate of drug-likeness (QED) is 0.444. The predicted molar refractivity (Wildman–Crippen MR) is 84.5 cm³/mol. The van der Waals surface area contributed by atoms with Crippen molar-refractivity contribution in [3.63, 3.8) is 0 Å². The molecule has 0 aromatic rings. The zero-order valence-corrected chi connectivity index (χ0v) is 13.8. The van der Waals surface area contributed by atoms with Gasteiger partial charge in [0.15, 0.2) is 0 Å². The van der Waals surface area contributed by atoms with Crippen LogP contribution in [0.3, 0.4) is 0 Å². The van der Waals surface area contributed by atoms with Gasteiger partial charge in [0.05, 0.1) is 5.92 Å². The molecule has 1 aliphatic heterocycles. The molecule has 0 amide bonds. The number of carbonyl (C=O) groups is 2. The summed E-state index contributed by atoms with van der Waals surface area (Å²) >= 11 is 0. The molecule has 4 nitrogen and oxygen atoms in total. The van der Waals surface area contributed by atoms with Gasteiger partial charge in [-0.2, -0.15) is 0 Å². The van der Waals surface area contributed by atoms with Crippen molar-refractivity contribution in [3.8, 4) is 0 Å². The number of fused-ring (bicyclic) bond motifs is 10. The van der Waals surface area contributed by atoms with E-state index in [-0.39, 0.29) is 29.9 Å². The highest BCUT2D eigenvalue weighted by Crippen LogP contribution is 2.67. The van der Waals surface area contributed by atoms with E-state index in [9.17, 15) is 9.59 Å². The predicted octanol–water partition coefficient (Wildman–Crippen LogP) is 2.72. The molecule has 4 saturated carbocycles. The Morgan fingerprint density at radius 2 is 1.88 bits per heavy atom. The Hall–Kier alpha value is -1.32. The van der Waals surface area contributed by atoms with Crippen LogP contribution in [-0.2, 0) is 19.1 Å². The van der Waals surface area contributed by atoms with Gasteiger partial charge in [-0.15, -0.1) is 0 Å². The topological polar surface area (TPSA) is 52.6 Å². The normalized spacial score (nSPS) is 55.8. The van der Waals surface area contributed by atoms with Crippen LogP contribution in [0.15, 0.2) is 12.2 Å². The first-order valence-corrected chi connectivity index (χ1v) is 9.80. The Morgan fingerprint density at radius 3 is 2.75 bits per heavy atom. The van der Waals surface area contributed by atoms with Gasteiger partial charge in [-0.3, -0.25) is 4.79 Å². The maximum absolute atomic E-state index is 12.9. The number of esters is 2. The summed E-state index contributed by atoms with van der Waals surface area (Å²) in [6.45, 7) is 0.